The number of aromatic hydroxyl groups is 4. The average Bonchev–Trinajstić information content (AvgIpc) is 3.93. The van der Waals surface area contributed by atoms with Crippen LogP contribution in [0, 0.1) is 0 Å². The number of amides is 4. The van der Waals surface area contributed by atoms with Crippen LogP contribution in [0.1, 0.15) is 66.4 Å². The molecule has 2 saturated heterocycles. The van der Waals surface area contributed by atoms with Gasteiger partial charge in [0.2, 0.25) is 5.60 Å². The van der Waals surface area contributed by atoms with Gasteiger partial charge in [-0.2, -0.15) is 0 Å². The number of nitrogen functional groups attached to an aromatic ring is 1. The van der Waals surface area contributed by atoms with Crippen LogP contribution in [0.25, 0.3) is 0 Å². The smallest absolute Gasteiger partial charge is 0.352 e. The van der Waals surface area contributed by atoms with Crippen molar-refractivity contribution in [1.82, 2.24) is 25.4 Å². The number of phenols is 4. The van der Waals surface area contributed by atoms with E-state index in [0.717, 1.165) is 41.2 Å². The fourth-order valence-electron chi connectivity index (χ4n) is 7.87. The van der Waals surface area contributed by atoms with E-state index in [-0.39, 0.29) is 82.1 Å². The largest absolute Gasteiger partial charge is 0.504 e. The van der Waals surface area contributed by atoms with E-state index >= 15 is 0 Å². The number of carboxylic acid groups (broad SMARTS) is 2. The van der Waals surface area contributed by atoms with E-state index in [9.17, 15) is 59.4 Å². The van der Waals surface area contributed by atoms with Crippen LogP contribution in [-0.2, 0) is 24.0 Å². The number of fused-ring (bicyclic) bond motifs is 1. The molecule has 2 fully saturated rings. The number of anilines is 1. The quantitative estimate of drug-likeness (QED) is 0.0221. The molecule has 2 aromatic carbocycles. The van der Waals surface area contributed by atoms with E-state index in [1.165, 1.54) is 48.0 Å². The Hall–Kier alpha value is -6.01. The van der Waals surface area contributed by atoms with Crippen LogP contribution < -0.4 is 16.4 Å². The van der Waals surface area contributed by atoms with Crippen molar-refractivity contribution >= 4 is 92.7 Å². The van der Waals surface area contributed by atoms with Gasteiger partial charge in [0, 0.05) is 42.6 Å². The van der Waals surface area contributed by atoms with Crippen LogP contribution in [0.5, 0.6) is 23.0 Å². The molecule has 25 heteroatoms. The van der Waals surface area contributed by atoms with Gasteiger partial charge in [-0.25, -0.2) is 14.6 Å². The van der Waals surface area contributed by atoms with Crippen molar-refractivity contribution in [3.63, 3.8) is 0 Å². The average molecular weight is 995 g/mol. The van der Waals surface area contributed by atoms with Crippen molar-refractivity contribution in [3.8, 4) is 23.0 Å². The number of halogens is 2. The van der Waals surface area contributed by atoms with Gasteiger partial charge in [-0.05, 0) is 51.5 Å². The Morgan fingerprint density at radius 3 is 2.24 bits per heavy atom. The number of phenolic OH excluding ortho intramolecular Hbond substituents is 4. The van der Waals surface area contributed by atoms with Crippen LogP contribution >= 0.6 is 46.3 Å². The third kappa shape index (κ3) is 10.0. The lowest BCUT2D eigenvalue weighted by molar-refractivity contribution is -0.933. The van der Waals surface area contributed by atoms with E-state index in [0.29, 0.717) is 23.1 Å². The predicted octanol–water partition coefficient (Wildman–Crippen LogP) is 3.14. The topological polar surface area (TPSA) is 315 Å². The zero-order valence-corrected chi connectivity index (χ0v) is 38.8. The molecule has 0 aliphatic carbocycles. The number of hydrogen-bond donors (Lipinski definition) is 9. The molecule has 3 atom stereocenters. The van der Waals surface area contributed by atoms with Gasteiger partial charge in [0.25, 0.3) is 23.6 Å². The number of carboxylic acids is 2. The molecule has 354 valence electrons. The number of benzene rings is 2. The summed E-state index contributed by atoms with van der Waals surface area (Å²) in [6.07, 6.45) is 1.76. The molecule has 3 aromatic rings. The Morgan fingerprint density at radius 1 is 1.03 bits per heavy atom. The molecule has 0 saturated carbocycles. The van der Waals surface area contributed by atoms with Gasteiger partial charge in [-0.1, -0.05) is 28.4 Å². The number of aliphatic carboxylic acids is 2. The zero-order chi connectivity index (χ0) is 48.4. The van der Waals surface area contributed by atoms with Gasteiger partial charge in [0.1, 0.15) is 35.4 Å². The minimum Gasteiger partial charge on any atom is -0.504 e. The molecule has 0 bridgehead atoms. The molecule has 10 N–H and O–H groups in total. The fraction of sp³-hybridized carbons (Fsp3) is 0.415. The van der Waals surface area contributed by atoms with Crippen LogP contribution in [0.4, 0.5) is 5.13 Å². The maximum atomic E-state index is 14.2. The number of carbonyl (C=O) groups is 6. The summed E-state index contributed by atoms with van der Waals surface area (Å²) in [7, 11) is 0. The SMILES string of the molecule is CC(CN(CCCNC(=O)c1ccc(O)c(O)c1Cl)C(=O)c1ccc(O)c(O)c1Cl)[N+]1(CC2=C(C(=O)O)N3C(=O)[C@@H](NC(=O)/C(=N\OC(C)(C)C(=O)O)c4csc(N)n4)[C@H]3SC2)CCCC1. The number of rotatable bonds is 18. The maximum absolute atomic E-state index is 14.2. The Morgan fingerprint density at radius 2 is 1.65 bits per heavy atom. The Kier molecular flexibility index (Phi) is 14.9. The first kappa shape index (κ1) is 49.4. The number of nitrogens with one attached hydrogen (secondary N) is 2. The van der Waals surface area contributed by atoms with Crippen molar-refractivity contribution < 1.29 is 68.7 Å². The molecule has 66 heavy (non-hydrogen) atoms. The first-order valence-electron chi connectivity index (χ1n) is 20.3. The molecule has 6 rings (SSSR count). The Bertz CT molecular complexity index is 2530. The van der Waals surface area contributed by atoms with Crippen molar-refractivity contribution in [1.29, 1.82) is 0 Å². The highest BCUT2D eigenvalue weighted by Crippen LogP contribution is 2.43. The van der Waals surface area contributed by atoms with Crippen molar-refractivity contribution in [3.05, 3.63) is 67.8 Å². The van der Waals surface area contributed by atoms with Crippen LogP contribution in [0.2, 0.25) is 10.0 Å². The number of thioether (sulfide) groups is 1. The van der Waals surface area contributed by atoms with Crippen molar-refractivity contribution in [2.24, 2.45) is 5.16 Å². The second-order valence-corrected chi connectivity index (χ2v) is 19.1. The summed E-state index contributed by atoms with van der Waals surface area (Å²) in [5.74, 6) is -7.81. The standard InChI is InChI=1S/C41H46Cl2N8O13S2/c1-19(15-49(35(58)22-8-10-25(53)32(55)27(22)43)12-6-11-45-33(56)21-7-9-24(52)31(54)26(21)42)51(13-4-5-14-51)16-20-17-65-37-29(36(59)50(37)30(20)38(60)61)47-34(57)28(23-18-66-40(44)46-23)48-64-41(2,3)39(62)63/h7-10,18-19,29,37H,4-6,11-17H2,1-3H3,(H9-,44,45,46,47,48,52,53,54,55,56,57,58,60,61,62,63)/p+1/t19?,29-,37-/m1/s1. The first-order chi connectivity index (χ1) is 31.1. The van der Waals surface area contributed by atoms with E-state index < -0.39 is 81.3 Å². The molecule has 4 amide bonds. The highest BCUT2D eigenvalue weighted by Gasteiger charge is 2.55. The minimum atomic E-state index is -1.84. The van der Waals surface area contributed by atoms with E-state index in [1.807, 2.05) is 6.92 Å². The predicted molar refractivity (Wildman–Crippen MR) is 242 cm³/mol. The highest BCUT2D eigenvalue weighted by molar-refractivity contribution is 8.00. The fourth-order valence-corrected chi connectivity index (χ4v) is 10.2. The van der Waals surface area contributed by atoms with Crippen LogP contribution in [-0.4, -0.2) is 159 Å². The number of quaternary nitrogens is 1. The molecule has 1 unspecified atom stereocenters. The second kappa shape index (κ2) is 19.8. The Balaban J connectivity index is 1.21. The molecule has 21 nitrogen and oxygen atoms in total. The molecule has 0 spiro atoms. The minimum absolute atomic E-state index is 0.0341. The molecule has 3 aliphatic rings. The maximum Gasteiger partial charge on any atom is 0.352 e. The number of aromatic nitrogens is 1. The molecule has 1 aromatic heterocycles. The molecule has 0 radical (unpaired) electrons. The van der Waals surface area contributed by atoms with Gasteiger partial charge in [-0.3, -0.25) is 24.1 Å². The number of β-lactam (4-membered cyclic amide) rings is 1. The van der Waals surface area contributed by atoms with Crippen molar-refractivity contribution in [2.75, 3.05) is 50.8 Å². The van der Waals surface area contributed by atoms with Gasteiger partial charge >= 0.3 is 11.9 Å². The summed E-state index contributed by atoms with van der Waals surface area (Å²) in [6, 6.07) is 3.21. The molecular weight excluding hydrogens is 948 g/mol. The summed E-state index contributed by atoms with van der Waals surface area (Å²) >= 11 is 14.6. The number of nitrogens with two attached hydrogens (primary N) is 1. The lowest BCUT2D eigenvalue weighted by Crippen LogP contribution is -2.71. The van der Waals surface area contributed by atoms with E-state index in [1.54, 1.807) is 0 Å². The highest BCUT2D eigenvalue weighted by atomic mass is 35.5. The van der Waals surface area contributed by atoms with Gasteiger partial charge in [-0.15, -0.1) is 23.1 Å². The third-order valence-electron chi connectivity index (χ3n) is 11.6. The summed E-state index contributed by atoms with van der Waals surface area (Å²) in [5, 5.41) is 69.2. The van der Waals surface area contributed by atoms with E-state index in [2.05, 4.69) is 20.8 Å². The lowest BCUT2D eigenvalue weighted by atomic mass is 10.0. The second-order valence-electron chi connectivity index (χ2n) is 16.4. The summed E-state index contributed by atoms with van der Waals surface area (Å²) in [5.41, 5.74) is 3.50. The number of oxime groups is 1. The van der Waals surface area contributed by atoms with Crippen LogP contribution in [0.15, 0.2) is 46.1 Å². The monoisotopic (exact) mass is 993 g/mol. The summed E-state index contributed by atoms with van der Waals surface area (Å²) in [4.78, 5) is 91.1. The first-order valence-corrected chi connectivity index (χ1v) is 23.0. The number of thiazole rings is 1. The van der Waals surface area contributed by atoms with Crippen molar-refractivity contribution in [2.45, 2.75) is 63.1 Å². The number of hydrogen-bond acceptors (Lipinski definition) is 16. The summed E-state index contributed by atoms with van der Waals surface area (Å²) < 4.78 is 0.334. The van der Waals surface area contributed by atoms with E-state index in [4.69, 9.17) is 33.8 Å². The molecule has 3 aliphatic heterocycles. The lowest BCUT2D eigenvalue weighted by Gasteiger charge is -2.50. The number of nitrogens with zero attached hydrogens (tertiary/aromatic N) is 5. The third-order valence-corrected chi connectivity index (χ3v) is 14.4. The Labute approximate surface area is 395 Å². The van der Waals surface area contributed by atoms with Crippen LogP contribution in [0.3, 0.4) is 0 Å². The number of likely N-dealkylation sites (tertiary alicyclic amines) is 1. The van der Waals surface area contributed by atoms with Gasteiger partial charge in [0.15, 0.2) is 33.8 Å². The summed E-state index contributed by atoms with van der Waals surface area (Å²) in [6.45, 7) is 5.92. The van der Waals surface area contributed by atoms with Gasteiger partial charge in [0.05, 0.1) is 40.8 Å². The normalized spacial score (nSPS) is 18.5. The molecular formula is C41H47Cl2N8O13S2+. The van der Waals surface area contributed by atoms with Gasteiger partial charge < -0.3 is 61.2 Å². The zero-order valence-electron chi connectivity index (χ0n) is 35.6. The number of carbonyl (C=O) groups excluding carboxylic acids is 4. The molecule has 4 heterocycles.